The minimum atomic E-state index is -1.92. The van der Waals surface area contributed by atoms with E-state index in [1.807, 2.05) is 13.8 Å². The van der Waals surface area contributed by atoms with Gasteiger partial charge in [0.05, 0.1) is 24.7 Å². The monoisotopic (exact) mass is 780 g/mol. The Labute approximate surface area is 320 Å². The molecule has 0 bridgehead atoms. The van der Waals surface area contributed by atoms with Crippen molar-refractivity contribution in [3.8, 4) is 0 Å². The first kappa shape index (κ1) is 42.5. The first-order valence-electron chi connectivity index (χ1n) is 18.8. The third-order valence-electron chi connectivity index (χ3n) is 14.4. The molecule has 0 aromatic rings. The molecule has 55 heavy (non-hydrogen) atoms. The number of aldehydes is 1. The summed E-state index contributed by atoms with van der Waals surface area (Å²) in [7, 11) is 2.61. The molecule has 0 amide bonds. The lowest BCUT2D eigenvalue weighted by atomic mass is 9.31. The van der Waals surface area contributed by atoms with Gasteiger partial charge in [-0.05, 0) is 50.4 Å². The number of fused-ring (bicyclic) bond motifs is 7. The number of aliphatic hydroxyl groups is 1. The van der Waals surface area contributed by atoms with Crippen molar-refractivity contribution in [2.45, 2.75) is 136 Å². The van der Waals surface area contributed by atoms with Gasteiger partial charge in [-0.15, -0.1) is 0 Å². The smallest absolute Gasteiger partial charge is 0.341 e. The topological polar surface area (TPSA) is 217 Å². The van der Waals surface area contributed by atoms with Gasteiger partial charge in [0, 0.05) is 59.0 Å². The highest BCUT2D eigenvalue weighted by atomic mass is 16.7. The summed E-state index contributed by atoms with van der Waals surface area (Å²) in [6.07, 6.45) is -7.16. The Balaban J connectivity index is 1.92. The molecule has 1 heterocycles. The molecule has 0 radical (unpaired) electrons. The van der Waals surface area contributed by atoms with E-state index in [1.54, 1.807) is 13.8 Å². The second kappa shape index (κ2) is 14.1. The fraction of sp³-hybridized carbons (Fsp3) is 0.821. The number of hydrogen-bond donors (Lipinski definition) is 1. The van der Waals surface area contributed by atoms with Crippen molar-refractivity contribution >= 4 is 42.1 Å². The quantitative estimate of drug-likeness (QED) is 0.146. The highest BCUT2D eigenvalue weighted by molar-refractivity contribution is 5.86. The molecule has 5 aliphatic rings. The van der Waals surface area contributed by atoms with E-state index in [-0.39, 0.29) is 25.9 Å². The number of rotatable bonds is 10. The molecule has 0 aromatic heterocycles. The number of hydrogen-bond acceptors (Lipinski definition) is 16. The van der Waals surface area contributed by atoms with E-state index >= 15 is 0 Å². The second-order valence-corrected chi connectivity index (χ2v) is 17.1. The molecule has 5 fully saturated rings. The number of carbonyl (C=O) groups is 7. The van der Waals surface area contributed by atoms with E-state index in [0.717, 1.165) is 20.8 Å². The Bertz CT molecular complexity index is 1630. The summed E-state index contributed by atoms with van der Waals surface area (Å²) < 4.78 is 47.7. The molecular weight excluding hydrogens is 724 g/mol. The summed E-state index contributed by atoms with van der Waals surface area (Å²) >= 11 is 0. The predicted molar refractivity (Wildman–Crippen MR) is 186 cm³/mol. The van der Waals surface area contributed by atoms with Crippen LogP contribution in [-0.2, 0) is 71.5 Å². The molecule has 16 heteroatoms. The van der Waals surface area contributed by atoms with Gasteiger partial charge in [0.2, 0.25) is 5.60 Å². The molecule has 0 spiro atoms. The lowest BCUT2D eigenvalue weighted by molar-refractivity contribution is -0.360. The van der Waals surface area contributed by atoms with Gasteiger partial charge in [0.25, 0.3) is 0 Å². The first-order valence-corrected chi connectivity index (χ1v) is 18.8. The van der Waals surface area contributed by atoms with Gasteiger partial charge in [0.15, 0.2) is 12.2 Å². The molecule has 16 nitrogen and oxygen atoms in total. The first-order chi connectivity index (χ1) is 25.5. The van der Waals surface area contributed by atoms with Crippen molar-refractivity contribution in [1.29, 1.82) is 0 Å². The zero-order valence-electron chi connectivity index (χ0n) is 33.8. The highest BCUT2D eigenvalue weighted by Gasteiger charge is 2.91. The van der Waals surface area contributed by atoms with Crippen LogP contribution in [0.4, 0.5) is 0 Å². The van der Waals surface area contributed by atoms with Gasteiger partial charge in [-0.25, -0.2) is 4.79 Å². The lowest BCUT2D eigenvalue weighted by Crippen LogP contribution is -2.84. The van der Waals surface area contributed by atoms with Crippen LogP contribution < -0.4 is 0 Å². The molecule has 2 unspecified atom stereocenters. The Morgan fingerprint density at radius 2 is 1.38 bits per heavy atom. The van der Waals surface area contributed by atoms with Crippen molar-refractivity contribution in [3.63, 3.8) is 0 Å². The number of ether oxygens (including phenoxy) is 8. The van der Waals surface area contributed by atoms with Crippen LogP contribution in [0.25, 0.3) is 0 Å². The zero-order chi connectivity index (χ0) is 41.4. The van der Waals surface area contributed by atoms with Crippen molar-refractivity contribution in [2.24, 2.45) is 45.3 Å². The zero-order valence-corrected chi connectivity index (χ0v) is 33.8. The number of carbonyl (C=O) groups excluding carboxylic acids is 7. The number of esters is 6. The molecular formula is C39H56O16. The summed E-state index contributed by atoms with van der Waals surface area (Å²) in [5, 5.41) is 13.6. The third-order valence-corrected chi connectivity index (χ3v) is 14.4. The highest BCUT2D eigenvalue weighted by Crippen LogP contribution is 2.78. The minimum absolute atomic E-state index is 0.0516. The van der Waals surface area contributed by atoms with Gasteiger partial charge in [-0.1, -0.05) is 20.8 Å². The van der Waals surface area contributed by atoms with Crippen LogP contribution in [0.15, 0.2) is 0 Å². The van der Waals surface area contributed by atoms with Crippen LogP contribution in [0, 0.1) is 45.3 Å². The summed E-state index contributed by atoms with van der Waals surface area (Å²) in [5.74, 6) is -8.12. The Morgan fingerprint density at radius 3 is 1.87 bits per heavy atom. The number of epoxide rings is 1. The molecule has 1 aliphatic heterocycles. The number of methoxy groups -OCH3 is 2. The van der Waals surface area contributed by atoms with Crippen LogP contribution in [0.1, 0.15) is 88.5 Å². The normalized spacial score (nSPS) is 45.7. The van der Waals surface area contributed by atoms with E-state index in [1.165, 1.54) is 35.0 Å². The summed E-state index contributed by atoms with van der Waals surface area (Å²) in [6.45, 7) is 14.1. The fourth-order valence-corrected chi connectivity index (χ4v) is 12.7. The maximum atomic E-state index is 13.9. The van der Waals surface area contributed by atoms with Crippen LogP contribution in [0.3, 0.4) is 0 Å². The van der Waals surface area contributed by atoms with Crippen molar-refractivity contribution in [2.75, 3.05) is 20.8 Å². The van der Waals surface area contributed by atoms with E-state index < -0.39 is 129 Å². The van der Waals surface area contributed by atoms with E-state index in [0.29, 0.717) is 6.29 Å². The molecule has 4 aliphatic carbocycles. The van der Waals surface area contributed by atoms with E-state index in [9.17, 15) is 38.7 Å². The Kier molecular flexibility index (Phi) is 10.9. The van der Waals surface area contributed by atoms with Crippen molar-refractivity contribution < 1.29 is 76.6 Å². The van der Waals surface area contributed by atoms with Gasteiger partial charge >= 0.3 is 35.8 Å². The molecule has 5 rings (SSSR count). The second-order valence-electron chi connectivity index (χ2n) is 17.1. The van der Waals surface area contributed by atoms with Crippen molar-refractivity contribution in [3.05, 3.63) is 0 Å². The van der Waals surface area contributed by atoms with Gasteiger partial charge in [0.1, 0.15) is 36.1 Å². The van der Waals surface area contributed by atoms with Crippen LogP contribution >= 0.6 is 0 Å². The molecule has 16 atom stereocenters. The SMILES string of the molecule is COC[C@H]1[C@]2(C)CC[C@@H]3[C@](C)([C@H](OC(C)=O)[C@H](OC(C)=O)[C@@]4(C)[C@]5(C(=O)OC)OC5[C@@H](C)C[C@@]34O)[C@H]2[C@H](OC(C)=O)[C@H](OC(C)=O)[C@]1(C=O)C(C)OC(C)=O. The van der Waals surface area contributed by atoms with Crippen LogP contribution in [0.2, 0.25) is 0 Å². The maximum Gasteiger partial charge on any atom is 0.341 e. The van der Waals surface area contributed by atoms with Crippen LogP contribution in [-0.4, -0.2) is 116 Å². The lowest BCUT2D eigenvalue weighted by Gasteiger charge is -2.74. The maximum absolute atomic E-state index is 13.9. The van der Waals surface area contributed by atoms with Crippen LogP contribution in [0.5, 0.6) is 0 Å². The average Bonchev–Trinajstić information content (AvgIpc) is 3.84. The largest absolute Gasteiger partial charge is 0.467 e. The van der Waals surface area contributed by atoms with Gasteiger partial charge < -0.3 is 47.8 Å². The fourth-order valence-electron chi connectivity index (χ4n) is 12.7. The molecule has 1 N–H and O–H groups in total. The predicted octanol–water partition coefficient (Wildman–Crippen LogP) is 2.27. The van der Waals surface area contributed by atoms with Gasteiger partial charge in [-0.2, -0.15) is 0 Å². The molecule has 4 saturated carbocycles. The Morgan fingerprint density at radius 1 is 0.836 bits per heavy atom. The van der Waals surface area contributed by atoms with E-state index in [4.69, 9.17) is 37.9 Å². The molecule has 308 valence electrons. The standard InChI is InChI=1S/C39H56O16/c1-18-15-38(47)25-13-14-34(8)26(16-48-11)37(17-40,19(2)50-20(3)41)30(52-22(5)43)27(51-21(4)42)28(34)35(25,9)31(53-23(6)44)32(54-24(7)45)36(38,10)39(29(18)55-39)33(46)49-12/h17-19,25-32,47H,13-16H2,1-12H3/t18-,19?,25+,26-,27-,28-,29?,30-,31+,32-,34-,35-,36+,37+,38+,39-/m0/s1. The molecule has 1 saturated heterocycles. The summed E-state index contributed by atoms with van der Waals surface area (Å²) in [4.78, 5) is 93.2. The Hall–Kier alpha value is -3.63. The summed E-state index contributed by atoms with van der Waals surface area (Å²) in [6, 6.07) is 0. The van der Waals surface area contributed by atoms with Gasteiger partial charge in [-0.3, -0.25) is 24.0 Å². The van der Waals surface area contributed by atoms with Crippen molar-refractivity contribution in [1.82, 2.24) is 0 Å². The summed E-state index contributed by atoms with van der Waals surface area (Å²) in [5.41, 5.74) is -10.1. The minimum Gasteiger partial charge on any atom is -0.467 e. The van der Waals surface area contributed by atoms with E-state index in [2.05, 4.69) is 0 Å². The average molecular weight is 781 g/mol. The molecule has 0 aromatic carbocycles. The third kappa shape index (κ3) is 5.65.